The third-order valence-electron chi connectivity index (χ3n) is 4.25. The number of benzene rings is 2. The molecule has 0 radical (unpaired) electrons. The van der Waals surface area contributed by atoms with Crippen molar-refractivity contribution in [1.29, 1.82) is 0 Å². The molecule has 0 bridgehead atoms. The summed E-state index contributed by atoms with van der Waals surface area (Å²) in [6.45, 7) is 3.97. The Hall–Kier alpha value is -2.31. The lowest BCUT2D eigenvalue weighted by Crippen LogP contribution is -2.50. The first kappa shape index (κ1) is 23.0. The van der Waals surface area contributed by atoms with Crippen molar-refractivity contribution in [1.82, 2.24) is 10.2 Å². The Morgan fingerprint density at radius 1 is 1.10 bits per heavy atom. The molecule has 2 rings (SSSR count). The van der Waals surface area contributed by atoms with Gasteiger partial charge in [0.25, 0.3) is 5.91 Å². The number of hydrogen-bond donors (Lipinski definition) is 1. The highest BCUT2D eigenvalue weighted by atomic mass is 35.5. The van der Waals surface area contributed by atoms with Crippen LogP contribution in [0.15, 0.2) is 42.5 Å². The van der Waals surface area contributed by atoms with Crippen LogP contribution < -0.4 is 10.1 Å². The molecule has 0 aliphatic heterocycles. The van der Waals surface area contributed by atoms with E-state index in [2.05, 4.69) is 5.32 Å². The van der Waals surface area contributed by atoms with Crippen LogP contribution in [0.2, 0.25) is 10.0 Å². The van der Waals surface area contributed by atoms with Gasteiger partial charge in [0, 0.05) is 13.1 Å². The summed E-state index contributed by atoms with van der Waals surface area (Å²) < 4.78 is 18.5. The highest BCUT2D eigenvalue weighted by molar-refractivity contribution is 6.42. The van der Waals surface area contributed by atoms with Crippen LogP contribution in [0.4, 0.5) is 4.39 Å². The Bertz CT molecular complexity index is 846. The van der Waals surface area contributed by atoms with E-state index in [4.69, 9.17) is 27.9 Å². The molecule has 0 aromatic heterocycles. The number of amides is 2. The first-order valence-electron chi connectivity index (χ1n) is 9.25. The largest absolute Gasteiger partial charge is 0.484 e. The summed E-state index contributed by atoms with van der Waals surface area (Å²) in [6.07, 6.45) is 0.426. The summed E-state index contributed by atoms with van der Waals surface area (Å²) in [4.78, 5) is 26.9. The van der Waals surface area contributed by atoms with Crippen LogP contribution in [-0.2, 0) is 16.1 Å². The van der Waals surface area contributed by atoms with Crippen molar-refractivity contribution in [3.05, 3.63) is 63.9 Å². The van der Waals surface area contributed by atoms with Gasteiger partial charge in [-0.25, -0.2) is 4.39 Å². The molecule has 0 saturated carbocycles. The predicted molar refractivity (Wildman–Crippen MR) is 112 cm³/mol. The van der Waals surface area contributed by atoms with Crippen molar-refractivity contribution in [2.24, 2.45) is 0 Å². The van der Waals surface area contributed by atoms with E-state index in [1.54, 1.807) is 18.2 Å². The van der Waals surface area contributed by atoms with Crippen LogP contribution in [0, 0.1) is 5.82 Å². The molecule has 0 aliphatic carbocycles. The van der Waals surface area contributed by atoms with Gasteiger partial charge in [0.1, 0.15) is 17.6 Å². The zero-order valence-electron chi connectivity index (χ0n) is 16.3. The van der Waals surface area contributed by atoms with Crippen molar-refractivity contribution in [3.8, 4) is 5.75 Å². The quantitative estimate of drug-likeness (QED) is 0.626. The molecule has 8 heteroatoms. The molecule has 156 valence electrons. The molecular formula is C21H23Cl2FN2O3. The topological polar surface area (TPSA) is 58.6 Å². The van der Waals surface area contributed by atoms with Gasteiger partial charge in [0.15, 0.2) is 6.61 Å². The summed E-state index contributed by atoms with van der Waals surface area (Å²) in [7, 11) is 0. The van der Waals surface area contributed by atoms with Crippen LogP contribution in [-0.4, -0.2) is 35.9 Å². The number of carbonyl (C=O) groups excluding carboxylic acids is 2. The smallest absolute Gasteiger partial charge is 0.261 e. The summed E-state index contributed by atoms with van der Waals surface area (Å²) in [5.41, 5.74) is 0.734. The normalized spacial score (nSPS) is 11.6. The number of hydrogen-bond acceptors (Lipinski definition) is 3. The Labute approximate surface area is 179 Å². The zero-order valence-corrected chi connectivity index (χ0v) is 17.8. The van der Waals surface area contributed by atoms with Crippen molar-refractivity contribution >= 4 is 35.0 Å². The number of carbonyl (C=O) groups is 2. The molecule has 0 aliphatic rings. The first-order chi connectivity index (χ1) is 13.8. The van der Waals surface area contributed by atoms with Gasteiger partial charge in [-0.05, 0) is 55.3 Å². The Morgan fingerprint density at radius 3 is 2.38 bits per heavy atom. The van der Waals surface area contributed by atoms with E-state index in [0.29, 0.717) is 28.8 Å². The molecule has 5 nitrogen and oxygen atoms in total. The zero-order chi connectivity index (χ0) is 21.4. The minimum Gasteiger partial charge on any atom is -0.484 e. The number of rotatable bonds is 9. The van der Waals surface area contributed by atoms with Gasteiger partial charge in [0.05, 0.1) is 10.0 Å². The molecule has 0 spiro atoms. The molecule has 2 aromatic carbocycles. The van der Waals surface area contributed by atoms with Gasteiger partial charge < -0.3 is 15.0 Å². The fraction of sp³-hybridized carbons (Fsp3) is 0.333. The predicted octanol–water partition coefficient (Wildman–Crippen LogP) is 4.45. The molecule has 1 N–H and O–H groups in total. The molecular weight excluding hydrogens is 418 g/mol. The Morgan fingerprint density at radius 2 is 1.79 bits per heavy atom. The van der Waals surface area contributed by atoms with E-state index < -0.39 is 11.9 Å². The number of halogens is 3. The second-order valence-electron chi connectivity index (χ2n) is 6.33. The van der Waals surface area contributed by atoms with E-state index in [-0.39, 0.29) is 25.0 Å². The first-order valence-corrected chi connectivity index (χ1v) is 10.0. The minimum atomic E-state index is -0.672. The lowest BCUT2D eigenvalue weighted by molar-refractivity contribution is -0.142. The summed E-state index contributed by atoms with van der Waals surface area (Å²) in [5.74, 6) is -0.656. The summed E-state index contributed by atoms with van der Waals surface area (Å²) in [5, 5.41) is 3.53. The highest BCUT2D eigenvalue weighted by Gasteiger charge is 2.28. The van der Waals surface area contributed by atoms with Gasteiger partial charge in [-0.2, -0.15) is 0 Å². The van der Waals surface area contributed by atoms with Crippen molar-refractivity contribution < 1.29 is 18.7 Å². The summed E-state index contributed by atoms with van der Waals surface area (Å²) in [6, 6.07) is 9.75. The monoisotopic (exact) mass is 440 g/mol. The van der Waals surface area contributed by atoms with Crippen molar-refractivity contribution in [2.75, 3.05) is 13.2 Å². The average Bonchev–Trinajstić information content (AvgIpc) is 2.70. The van der Waals surface area contributed by atoms with Gasteiger partial charge in [-0.1, -0.05) is 36.2 Å². The lowest BCUT2D eigenvalue weighted by atomic mass is 10.1. The van der Waals surface area contributed by atoms with Gasteiger partial charge in [-0.15, -0.1) is 0 Å². The molecule has 1 atom stereocenters. The second kappa shape index (κ2) is 11.0. The van der Waals surface area contributed by atoms with Crippen LogP contribution in [0.25, 0.3) is 0 Å². The molecule has 29 heavy (non-hydrogen) atoms. The molecule has 0 heterocycles. The van der Waals surface area contributed by atoms with Crippen molar-refractivity contribution in [3.63, 3.8) is 0 Å². The number of nitrogens with zero attached hydrogens (tertiary/aromatic N) is 1. The van der Waals surface area contributed by atoms with E-state index in [9.17, 15) is 14.0 Å². The second-order valence-corrected chi connectivity index (χ2v) is 7.15. The third kappa shape index (κ3) is 6.61. The molecule has 0 fully saturated rings. The van der Waals surface area contributed by atoms with Gasteiger partial charge >= 0.3 is 0 Å². The molecule has 0 unspecified atom stereocenters. The average molecular weight is 441 g/mol. The van der Waals surface area contributed by atoms with E-state index in [1.807, 2.05) is 13.8 Å². The number of ether oxygens (including phenoxy) is 1. The lowest BCUT2D eigenvalue weighted by Gasteiger charge is -2.30. The Balaban J connectivity index is 2.21. The number of likely N-dealkylation sites (N-methyl/N-ethyl adjacent to an activating group) is 1. The third-order valence-corrected chi connectivity index (χ3v) is 4.99. The van der Waals surface area contributed by atoms with Crippen LogP contribution in [0.1, 0.15) is 25.8 Å². The number of nitrogens with one attached hydrogen (secondary N) is 1. The molecule has 2 aromatic rings. The Kier molecular flexibility index (Phi) is 8.73. The fourth-order valence-corrected chi connectivity index (χ4v) is 3.13. The van der Waals surface area contributed by atoms with Gasteiger partial charge in [-0.3, -0.25) is 9.59 Å². The van der Waals surface area contributed by atoms with Crippen molar-refractivity contribution in [2.45, 2.75) is 32.9 Å². The maximum atomic E-state index is 13.0. The highest BCUT2D eigenvalue weighted by Crippen LogP contribution is 2.24. The standard InChI is InChI=1S/C21H23Cl2FN2O3/c1-3-19(21(28)25-4-2)26(12-14-5-10-17(22)18(23)11-14)20(27)13-29-16-8-6-15(24)7-9-16/h5-11,19H,3-4,12-13H2,1-2H3,(H,25,28)/t19-/m0/s1. The van der Waals surface area contributed by atoms with E-state index in [0.717, 1.165) is 5.56 Å². The minimum absolute atomic E-state index is 0.165. The van der Waals surface area contributed by atoms with E-state index in [1.165, 1.54) is 29.2 Å². The fourth-order valence-electron chi connectivity index (χ4n) is 2.81. The maximum Gasteiger partial charge on any atom is 0.261 e. The molecule has 2 amide bonds. The van der Waals surface area contributed by atoms with Crippen LogP contribution >= 0.6 is 23.2 Å². The van der Waals surface area contributed by atoms with E-state index >= 15 is 0 Å². The van der Waals surface area contributed by atoms with Crippen LogP contribution in [0.3, 0.4) is 0 Å². The van der Waals surface area contributed by atoms with Gasteiger partial charge in [0.2, 0.25) is 5.91 Å². The maximum absolute atomic E-state index is 13.0. The molecule has 0 saturated heterocycles. The van der Waals surface area contributed by atoms with Crippen LogP contribution in [0.5, 0.6) is 5.75 Å². The summed E-state index contributed by atoms with van der Waals surface area (Å²) >= 11 is 12.1. The SMILES string of the molecule is CCNC(=O)[C@H](CC)N(Cc1ccc(Cl)c(Cl)c1)C(=O)COc1ccc(F)cc1.